The van der Waals surface area contributed by atoms with Gasteiger partial charge in [0.2, 0.25) is 0 Å². The number of hydrogen-bond donors (Lipinski definition) is 0. The molecule has 0 radical (unpaired) electrons. The second-order valence-corrected chi connectivity index (χ2v) is 7.79. The van der Waals surface area contributed by atoms with Crippen molar-refractivity contribution in [2.45, 2.75) is 13.8 Å². The third kappa shape index (κ3) is 3.48. The molecule has 1 aliphatic carbocycles. The van der Waals surface area contributed by atoms with Gasteiger partial charge in [0.25, 0.3) is 5.91 Å². The fourth-order valence-electron chi connectivity index (χ4n) is 4.64. The van der Waals surface area contributed by atoms with Crippen molar-refractivity contribution in [2.24, 2.45) is 23.7 Å². The normalized spacial score (nSPS) is 25.7. The van der Waals surface area contributed by atoms with Crippen molar-refractivity contribution in [1.82, 2.24) is 9.88 Å². The molecule has 6 heteroatoms. The minimum absolute atomic E-state index is 0.0698. The molecule has 1 saturated heterocycles. The van der Waals surface area contributed by atoms with Crippen molar-refractivity contribution in [2.75, 3.05) is 26.8 Å². The summed E-state index contributed by atoms with van der Waals surface area (Å²) in [5.41, 5.74) is 1.09. The molecule has 152 valence electrons. The monoisotopic (exact) mass is 394 g/mol. The van der Waals surface area contributed by atoms with Crippen LogP contribution in [0.5, 0.6) is 5.75 Å². The minimum atomic E-state index is -0.221. The van der Waals surface area contributed by atoms with E-state index in [1.807, 2.05) is 38.1 Å². The molecule has 2 aromatic rings. The molecule has 1 aromatic heterocycles. The highest BCUT2D eigenvalue weighted by molar-refractivity contribution is 5.97. The summed E-state index contributed by atoms with van der Waals surface area (Å²) in [6.07, 6.45) is 4.22. The van der Waals surface area contributed by atoms with E-state index >= 15 is 0 Å². The Morgan fingerprint density at radius 1 is 1.21 bits per heavy atom. The van der Waals surface area contributed by atoms with Gasteiger partial charge in [0.15, 0.2) is 0 Å². The lowest BCUT2D eigenvalue weighted by atomic mass is 9.72. The number of carbonyl (C=O) groups is 2. The molecule has 2 aliphatic rings. The van der Waals surface area contributed by atoms with Crippen LogP contribution < -0.4 is 4.74 Å². The van der Waals surface area contributed by atoms with Gasteiger partial charge in [-0.2, -0.15) is 0 Å². The average molecular weight is 394 g/mol. The molecule has 4 rings (SSSR count). The van der Waals surface area contributed by atoms with Crippen molar-refractivity contribution in [1.29, 1.82) is 0 Å². The van der Waals surface area contributed by atoms with Crippen molar-refractivity contribution in [3.63, 3.8) is 0 Å². The van der Waals surface area contributed by atoms with Crippen LogP contribution in [0.15, 0.2) is 42.5 Å². The van der Waals surface area contributed by atoms with Crippen LogP contribution in [0.4, 0.5) is 0 Å². The number of methoxy groups -OCH3 is 1. The Hall–Kier alpha value is -2.89. The number of carbonyl (C=O) groups excluding carboxylic acids is 2. The predicted octanol–water partition coefficient (Wildman–Crippen LogP) is 3.32. The number of allylic oxidation sites excluding steroid dienone is 1. The number of fused-ring (bicyclic) bond motifs is 2. The van der Waals surface area contributed by atoms with Gasteiger partial charge in [-0.05, 0) is 36.8 Å². The van der Waals surface area contributed by atoms with E-state index in [1.54, 1.807) is 18.1 Å². The molecule has 4 atom stereocenters. The highest BCUT2D eigenvalue weighted by atomic mass is 16.5. The molecule has 1 fully saturated rings. The first kappa shape index (κ1) is 19.4. The molecule has 0 unspecified atom stereocenters. The largest absolute Gasteiger partial charge is 0.496 e. The van der Waals surface area contributed by atoms with E-state index in [9.17, 15) is 9.59 Å². The number of pyridine rings is 1. The zero-order valence-corrected chi connectivity index (χ0v) is 17.0. The van der Waals surface area contributed by atoms with Gasteiger partial charge in [0, 0.05) is 24.5 Å². The second kappa shape index (κ2) is 7.85. The van der Waals surface area contributed by atoms with Crippen LogP contribution in [-0.2, 0) is 9.53 Å². The molecule has 0 saturated carbocycles. The topological polar surface area (TPSA) is 68.7 Å². The summed E-state index contributed by atoms with van der Waals surface area (Å²) in [6.45, 7) is 5.33. The van der Waals surface area contributed by atoms with Crippen LogP contribution in [0.25, 0.3) is 10.9 Å². The molecule has 2 heterocycles. The second-order valence-electron chi connectivity index (χ2n) is 7.79. The van der Waals surface area contributed by atoms with Gasteiger partial charge in [-0.3, -0.25) is 9.59 Å². The number of aromatic nitrogens is 1. The number of amides is 1. The van der Waals surface area contributed by atoms with Gasteiger partial charge < -0.3 is 14.4 Å². The summed E-state index contributed by atoms with van der Waals surface area (Å²) < 4.78 is 10.8. The van der Waals surface area contributed by atoms with Crippen molar-refractivity contribution < 1.29 is 19.1 Å². The molecular weight excluding hydrogens is 368 g/mol. The van der Waals surface area contributed by atoms with Gasteiger partial charge in [0.1, 0.15) is 11.4 Å². The fourth-order valence-corrected chi connectivity index (χ4v) is 4.64. The lowest BCUT2D eigenvalue weighted by molar-refractivity contribution is -0.152. The number of likely N-dealkylation sites (tertiary alicyclic amines) is 1. The van der Waals surface area contributed by atoms with E-state index in [1.165, 1.54) is 0 Å². The molecule has 0 spiro atoms. The third-order valence-corrected chi connectivity index (χ3v) is 6.07. The van der Waals surface area contributed by atoms with Gasteiger partial charge in [-0.1, -0.05) is 31.2 Å². The Labute approximate surface area is 170 Å². The Balaban J connectivity index is 1.61. The minimum Gasteiger partial charge on any atom is -0.496 e. The van der Waals surface area contributed by atoms with Gasteiger partial charge in [-0.25, -0.2) is 4.98 Å². The maximum atomic E-state index is 13.3. The summed E-state index contributed by atoms with van der Waals surface area (Å²) in [4.78, 5) is 32.2. The summed E-state index contributed by atoms with van der Waals surface area (Å²) in [5.74, 6) is 0.443. The molecule has 1 aromatic carbocycles. The first-order valence-electron chi connectivity index (χ1n) is 10.1. The van der Waals surface area contributed by atoms with Crippen molar-refractivity contribution >= 4 is 22.8 Å². The van der Waals surface area contributed by atoms with Gasteiger partial charge in [-0.15, -0.1) is 0 Å². The number of para-hydroxylation sites is 1. The van der Waals surface area contributed by atoms with Gasteiger partial charge >= 0.3 is 5.97 Å². The Morgan fingerprint density at radius 2 is 2.00 bits per heavy atom. The number of nitrogens with zero attached hydrogens (tertiary/aromatic N) is 2. The maximum Gasteiger partial charge on any atom is 0.309 e. The highest BCUT2D eigenvalue weighted by Gasteiger charge is 2.46. The fraction of sp³-hybridized carbons (Fsp3) is 0.435. The van der Waals surface area contributed by atoms with Crippen molar-refractivity contribution in [3.8, 4) is 5.75 Å². The smallest absolute Gasteiger partial charge is 0.309 e. The lowest BCUT2D eigenvalue weighted by Crippen LogP contribution is -2.37. The van der Waals surface area contributed by atoms with E-state index in [0.29, 0.717) is 31.1 Å². The van der Waals surface area contributed by atoms with E-state index in [-0.39, 0.29) is 35.5 Å². The third-order valence-electron chi connectivity index (χ3n) is 6.07. The molecule has 0 N–H and O–H groups in total. The van der Waals surface area contributed by atoms with E-state index < -0.39 is 0 Å². The lowest BCUT2D eigenvalue weighted by Gasteiger charge is -2.31. The molecular formula is C23H26N2O4. The number of benzene rings is 1. The molecule has 1 amide bonds. The quantitative estimate of drug-likeness (QED) is 0.588. The van der Waals surface area contributed by atoms with Crippen molar-refractivity contribution in [3.05, 3.63) is 48.2 Å². The number of hydrogen-bond acceptors (Lipinski definition) is 5. The first-order chi connectivity index (χ1) is 14.0. The van der Waals surface area contributed by atoms with Crippen LogP contribution in [0.3, 0.4) is 0 Å². The number of esters is 1. The zero-order valence-electron chi connectivity index (χ0n) is 17.0. The summed E-state index contributed by atoms with van der Waals surface area (Å²) >= 11 is 0. The average Bonchev–Trinajstić information content (AvgIpc) is 3.16. The Kier molecular flexibility index (Phi) is 5.26. The molecule has 0 bridgehead atoms. The van der Waals surface area contributed by atoms with Crippen LogP contribution in [0, 0.1) is 23.7 Å². The summed E-state index contributed by atoms with van der Waals surface area (Å²) in [7, 11) is 1.59. The standard InChI is InChI=1S/C23H26N2O4/c1-4-29-23(27)21-14(2)9-10-15-12-25(13-17(15)21)22(26)19-11-20(28-3)16-7-5-6-8-18(16)24-19/h5-11,14-15,17,21H,4,12-13H2,1-3H3/t14-,15-,17-,21-/m0/s1. The Bertz CT molecular complexity index is 971. The van der Waals surface area contributed by atoms with Crippen LogP contribution >= 0.6 is 0 Å². The van der Waals surface area contributed by atoms with Crippen LogP contribution in [-0.4, -0.2) is 48.6 Å². The highest BCUT2D eigenvalue weighted by Crippen LogP contribution is 2.40. The van der Waals surface area contributed by atoms with E-state index in [4.69, 9.17) is 9.47 Å². The first-order valence-corrected chi connectivity index (χ1v) is 10.1. The van der Waals surface area contributed by atoms with Crippen LogP contribution in [0.1, 0.15) is 24.3 Å². The summed E-state index contributed by atoms with van der Waals surface area (Å²) in [6, 6.07) is 9.31. The van der Waals surface area contributed by atoms with Gasteiger partial charge in [0.05, 0.1) is 25.2 Å². The number of ether oxygens (including phenoxy) is 2. The van der Waals surface area contributed by atoms with Crippen LogP contribution in [0.2, 0.25) is 0 Å². The molecule has 6 nitrogen and oxygen atoms in total. The predicted molar refractivity (Wildman–Crippen MR) is 110 cm³/mol. The van der Waals surface area contributed by atoms with E-state index in [2.05, 4.69) is 17.1 Å². The zero-order chi connectivity index (χ0) is 20.5. The maximum absolute atomic E-state index is 13.3. The van der Waals surface area contributed by atoms with E-state index in [0.717, 1.165) is 10.9 Å². The summed E-state index contributed by atoms with van der Waals surface area (Å²) in [5, 5.41) is 0.876. The SMILES string of the molecule is CCOC(=O)[C@@H]1[C@H]2CN(C(=O)c3cc(OC)c4ccccc4n3)C[C@@H]2C=C[C@@H]1C. The number of rotatable bonds is 4. The Morgan fingerprint density at radius 3 is 2.76 bits per heavy atom. The molecule has 1 aliphatic heterocycles. The molecule has 29 heavy (non-hydrogen) atoms.